The Morgan fingerprint density at radius 3 is 3.14 bits per heavy atom. The molecule has 3 nitrogen and oxygen atoms in total. The Balaban J connectivity index is 1.67. The van der Waals surface area contributed by atoms with Gasteiger partial charge in [0.05, 0.1) is 6.20 Å². The zero-order valence-corrected chi connectivity index (χ0v) is 13.4. The van der Waals surface area contributed by atoms with Gasteiger partial charge in [-0.25, -0.2) is 0 Å². The Kier molecular flexibility index (Phi) is 4.32. The first-order valence-corrected chi connectivity index (χ1v) is 8.02. The largest absolute Gasteiger partial charge is 0.307 e. The van der Waals surface area contributed by atoms with Crippen molar-refractivity contribution in [2.45, 2.75) is 44.7 Å². The van der Waals surface area contributed by atoms with Crippen LogP contribution in [0, 0.1) is 0 Å². The molecule has 0 saturated heterocycles. The fourth-order valence-electron chi connectivity index (χ4n) is 3.30. The van der Waals surface area contributed by atoms with E-state index in [-0.39, 0.29) is 0 Å². The van der Waals surface area contributed by atoms with Crippen molar-refractivity contribution in [1.82, 2.24) is 15.1 Å². The molecule has 2 unspecified atom stereocenters. The molecule has 21 heavy (non-hydrogen) atoms. The first-order valence-electron chi connectivity index (χ1n) is 7.65. The molecule has 1 aliphatic rings. The summed E-state index contributed by atoms with van der Waals surface area (Å²) in [6.45, 7) is 2.24. The molecule has 0 aliphatic heterocycles. The molecule has 1 aromatic carbocycles. The monoisotopic (exact) mass is 303 g/mol. The second-order valence-corrected chi connectivity index (χ2v) is 6.45. The quantitative estimate of drug-likeness (QED) is 0.934. The van der Waals surface area contributed by atoms with Gasteiger partial charge in [-0.2, -0.15) is 5.10 Å². The van der Waals surface area contributed by atoms with Crippen molar-refractivity contribution < 1.29 is 0 Å². The van der Waals surface area contributed by atoms with Gasteiger partial charge in [0.25, 0.3) is 0 Å². The van der Waals surface area contributed by atoms with Gasteiger partial charge < -0.3 is 5.32 Å². The highest BCUT2D eigenvalue weighted by atomic mass is 35.5. The molecule has 2 atom stereocenters. The highest BCUT2D eigenvalue weighted by Gasteiger charge is 2.24. The summed E-state index contributed by atoms with van der Waals surface area (Å²) in [5.41, 5.74) is 4.04. The smallest absolute Gasteiger partial charge is 0.0540 e. The standard InChI is InChI=1S/C17H22ClN3/c1-12(9-13-5-3-6-14(18)10-13)20-16-7-4-8-17-15(16)11-19-21(17)2/h3,5-6,10-12,16,20H,4,7-9H2,1-2H3. The summed E-state index contributed by atoms with van der Waals surface area (Å²) in [7, 11) is 2.04. The Bertz CT molecular complexity index is 620. The third kappa shape index (κ3) is 3.30. The minimum atomic E-state index is 0.416. The lowest BCUT2D eigenvalue weighted by Gasteiger charge is -2.27. The lowest BCUT2D eigenvalue weighted by molar-refractivity contribution is 0.403. The summed E-state index contributed by atoms with van der Waals surface area (Å²) in [6.07, 6.45) is 6.59. The summed E-state index contributed by atoms with van der Waals surface area (Å²) in [5, 5.41) is 8.98. The summed E-state index contributed by atoms with van der Waals surface area (Å²) in [5.74, 6) is 0. The van der Waals surface area contributed by atoms with Crippen LogP contribution in [-0.4, -0.2) is 15.8 Å². The minimum Gasteiger partial charge on any atom is -0.307 e. The van der Waals surface area contributed by atoms with Crippen molar-refractivity contribution in [3.63, 3.8) is 0 Å². The predicted octanol–water partition coefficient (Wildman–Crippen LogP) is 3.67. The third-order valence-electron chi connectivity index (χ3n) is 4.29. The molecule has 1 aromatic heterocycles. The number of hydrogen-bond donors (Lipinski definition) is 1. The van der Waals surface area contributed by atoms with Crippen LogP contribution in [0.5, 0.6) is 0 Å². The lowest BCUT2D eigenvalue weighted by Crippen LogP contribution is -2.34. The van der Waals surface area contributed by atoms with E-state index in [0.717, 1.165) is 17.9 Å². The molecule has 0 saturated carbocycles. The van der Waals surface area contributed by atoms with E-state index in [1.165, 1.54) is 29.7 Å². The molecule has 0 bridgehead atoms. The number of nitrogens with zero attached hydrogens (tertiary/aromatic N) is 2. The number of nitrogens with one attached hydrogen (secondary N) is 1. The van der Waals surface area contributed by atoms with Crippen LogP contribution < -0.4 is 5.32 Å². The average molecular weight is 304 g/mol. The fraction of sp³-hybridized carbons (Fsp3) is 0.471. The van der Waals surface area contributed by atoms with Gasteiger partial charge in [0, 0.05) is 35.4 Å². The molecular weight excluding hydrogens is 282 g/mol. The van der Waals surface area contributed by atoms with Crippen LogP contribution in [0.4, 0.5) is 0 Å². The second-order valence-electron chi connectivity index (χ2n) is 6.02. The molecule has 1 N–H and O–H groups in total. The van der Waals surface area contributed by atoms with Crippen LogP contribution in [0.3, 0.4) is 0 Å². The van der Waals surface area contributed by atoms with E-state index in [0.29, 0.717) is 12.1 Å². The van der Waals surface area contributed by atoms with Gasteiger partial charge in [-0.1, -0.05) is 23.7 Å². The van der Waals surface area contributed by atoms with Gasteiger partial charge in [-0.3, -0.25) is 4.68 Å². The molecule has 1 aliphatic carbocycles. The van der Waals surface area contributed by atoms with Crippen LogP contribution in [0.25, 0.3) is 0 Å². The number of halogens is 1. The maximum Gasteiger partial charge on any atom is 0.0540 e. The van der Waals surface area contributed by atoms with Crippen LogP contribution in [-0.2, 0) is 19.9 Å². The molecular formula is C17H22ClN3. The fourth-order valence-corrected chi connectivity index (χ4v) is 3.51. The summed E-state index contributed by atoms with van der Waals surface area (Å²) >= 11 is 6.06. The van der Waals surface area contributed by atoms with Crippen molar-refractivity contribution in [1.29, 1.82) is 0 Å². The normalized spacial score (nSPS) is 19.3. The molecule has 3 rings (SSSR count). The Labute approximate surface area is 131 Å². The molecule has 0 amide bonds. The van der Waals surface area contributed by atoms with Gasteiger partial charge in [0.1, 0.15) is 0 Å². The zero-order valence-electron chi connectivity index (χ0n) is 12.6. The minimum absolute atomic E-state index is 0.416. The Morgan fingerprint density at radius 2 is 2.33 bits per heavy atom. The van der Waals surface area contributed by atoms with E-state index >= 15 is 0 Å². The zero-order chi connectivity index (χ0) is 14.8. The molecule has 4 heteroatoms. The predicted molar refractivity (Wildman–Crippen MR) is 86.6 cm³/mol. The van der Waals surface area contributed by atoms with E-state index in [9.17, 15) is 0 Å². The number of benzene rings is 1. The van der Waals surface area contributed by atoms with E-state index in [2.05, 4.69) is 29.5 Å². The Hall–Kier alpha value is -1.32. The van der Waals surface area contributed by atoms with Gasteiger partial charge >= 0.3 is 0 Å². The van der Waals surface area contributed by atoms with Crippen molar-refractivity contribution in [2.24, 2.45) is 7.05 Å². The third-order valence-corrected chi connectivity index (χ3v) is 4.53. The van der Waals surface area contributed by atoms with Gasteiger partial charge in [-0.15, -0.1) is 0 Å². The molecule has 0 fully saturated rings. The first-order chi connectivity index (χ1) is 10.1. The van der Waals surface area contributed by atoms with E-state index in [1.807, 2.05) is 30.1 Å². The summed E-state index contributed by atoms with van der Waals surface area (Å²) < 4.78 is 2.02. The van der Waals surface area contributed by atoms with E-state index in [1.54, 1.807) is 0 Å². The van der Waals surface area contributed by atoms with E-state index < -0.39 is 0 Å². The second kappa shape index (κ2) is 6.20. The number of aromatic nitrogens is 2. The molecule has 2 aromatic rings. The number of fused-ring (bicyclic) bond motifs is 1. The van der Waals surface area contributed by atoms with Crippen molar-refractivity contribution in [3.05, 3.63) is 52.3 Å². The van der Waals surface area contributed by atoms with Gasteiger partial charge in [-0.05, 0) is 50.3 Å². The van der Waals surface area contributed by atoms with Gasteiger partial charge in [0.15, 0.2) is 0 Å². The lowest BCUT2D eigenvalue weighted by atomic mass is 9.92. The average Bonchev–Trinajstić information content (AvgIpc) is 2.82. The van der Waals surface area contributed by atoms with Crippen LogP contribution in [0.2, 0.25) is 5.02 Å². The SMILES string of the molecule is CC(Cc1cccc(Cl)c1)NC1CCCc2c1cnn2C. The van der Waals surface area contributed by atoms with Gasteiger partial charge in [0.2, 0.25) is 0 Å². The Morgan fingerprint density at radius 1 is 1.48 bits per heavy atom. The maximum absolute atomic E-state index is 6.06. The van der Waals surface area contributed by atoms with Crippen molar-refractivity contribution in [3.8, 4) is 0 Å². The molecule has 0 radical (unpaired) electrons. The number of hydrogen-bond acceptors (Lipinski definition) is 2. The topological polar surface area (TPSA) is 29.9 Å². The highest BCUT2D eigenvalue weighted by Crippen LogP contribution is 2.29. The van der Waals surface area contributed by atoms with Crippen LogP contribution >= 0.6 is 11.6 Å². The molecule has 112 valence electrons. The van der Waals surface area contributed by atoms with Crippen LogP contribution in [0.15, 0.2) is 30.5 Å². The number of rotatable bonds is 4. The first kappa shape index (κ1) is 14.6. The molecule has 1 heterocycles. The maximum atomic E-state index is 6.06. The number of aryl methyl sites for hydroxylation is 1. The molecule has 0 spiro atoms. The highest BCUT2D eigenvalue weighted by molar-refractivity contribution is 6.30. The van der Waals surface area contributed by atoms with E-state index in [4.69, 9.17) is 11.6 Å². The van der Waals surface area contributed by atoms with Crippen molar-refractivity contribution >= 4 is 11.6 Å². The van der Waals surface area contributed by atoms with Crippen LogP contribution in [0.1, 0.15) is 42.6 Å². The summed E-state index contributed by atoms with van der Waals surface area (Å²) in [6, 6.07) is 8.98. The summed E-state index contributed by atoms with van der Waals surface area (Å²) in [4.78, 5) is 0. The van der Waals surface area contributed by atoms with Crippen molar-refractivity contribution in [2.75, 3.05) is 0 Å².